The lowest BCUT2D eigenvalue weighted by atomic mass is 10.0. The highest BCUT2D eigenvalue weighted by molar-refractivity contribution is 5.95. The van der Waals surface area contributed by atoms with E-state index < -0.39 is 24.0 Å². The van der Waals surface area contributed by atoms with E-state index in [1.165, 1.54) is 34.4 Å². The van der Waals surface area contributed by atoms with Crippen molar-refractivity contribution in [1.82, 2.24) is 5.06 Å². The lowest BCUT2D eigenvalue weighted by Crippen LogP contribution is -2.41. The molecule has 0 radical (unpaired) electrons. The first-order chi connectivity index (χ1) is 13.6. The molecule has 0 aliphatic carbocycles. The Labute approximate surface area is 169 Å². The minimum Gasteiger partial charge on any atom is -0.497 e. The van der Waals surface area contributed by atoms with E-state index in [4.69, 9.17) is 23.8 Å². The molecule has 1 fully saturated rings. The quantitative estimate of drug-likeness (QED) is 0.653. The summed E-state index contributed by atoms with van der Waals surface area (Å²) in [5.74, 6) is -1.78. The van der Waals surface area contributed by atoms with E-state index in [-0.39, 0.29) is 17.2 Å². The van der Waals surface area contributed by atoms with E-state index in [1.54, 1.807) is 32.1 Å². The van der Waals surface area contributed by atoms with Crippen LogP contribution in [-0.4, -0.2) is 68.4 Å². The van der Waals surface area contributed by atoms with Gasteiger partial charge in [0.05, 0.1) is 27.4 Å². The van der Waals surface area contributed by atoms with E-state index in [0.717, 1.165) is 5.06 Å². The van der Waals surface area contributed by atoms with Crippen LogP contribution in [0.5, 0.6) is 11.5 Å². The Balaban J connectivity index is 2.27. The topological polar surface area (TPSA) is 104 Å². The highest BCUT2D eigenvalue weighted by atomic mass is 16.8. The summed E-state index contributed by atoms with van der Waals surface area (Å²) in [5.41, 5.74) is 0.420. The van der Waals surface area contributed by atoms with Crippen molar-refractivity contribution in [3.63, 3.8) is 0 Å². The number of carboxylic acids is 1. The van der Waals surface area contributed by atoms with Crippen LogP contribution in [0, 0.1) is 0 Å². The summed E-state index contributed by atoms with van der Waals surface area (Å²) in [6.45, 7) is 3.44. The number of ether oxygens (including phenoxy) is 4. The van der Waals surface area contributed by atoms with Gasteiger partial charge in [-0.05, 0) is 31.9 Å². The molecule has 1 aromatic carbocycles. The lowest BCUT2D eigenvalue weighted by molar-refractivity contribution is -0.187. The van der Waals surface area contributed by atoms with Crippen LogP contribution < -0.4 is 9.47 Å². The summed E-state index contributed by atoms with van der Waals surface area (Å²) in [4.78, 5) is 29.1. The van der Waals surface area contributed by atoms with Gasteiger partial charge in [0.1, 0.15) is 17.1 Å². The first-order valence-electron chi connectivity index (χ1n) is 8.96. The number of likely N-dealkylation sites (N-methyl/N-ethyl adjacent to an activating group) is 1. The van der Waals surface area contributed by atoms with Gasteiger partial charge in [0.15, 0.2) is 11.9 Å². The summed E-state index contributed by atoms with van der Waals surface area (Å²) in [6.07, 6.45) is 2.26. The zero-order chi connectivity index (χ0) is 21.8. The number of aromatic carboxylic acids is 1. The molecule has 0 unspecified atom stereocenters. The van der Waals surface area contributed by atoms with Crippen molar-refractivity contribution in [2.45, 2.75) is 38.3 Å². The van der Waals surface area contributed by atoms with Gasteiger partial charge in [0.2, 0.25) is 0 Å². The van der Waals surface area contributed by atoms with Crippen LogP contribution in [-0.2, 0) is 19.1 Å². The summed E-state index contributed by atoms with van der Waals surface area (Å²) in [5, 5.41) is 10.6. The molecule has 160 valence electrons. The van der Waals surface area contributed by atoms with Crippen LogP contribution in [0.2, 0.25) is 0 Å². The molecule has 0 saturated carbocycles. The Morgan fingerprint density at radius 2 is 1.90 bits per heavy atom. The lowest BCUT2D eigenvalue weighted by Gasteiger charge is -2.20. The molecule has 1 aliphatic heterocycles. The maximum Gasteiger partial charge on any atom is 0.340 e. The maximum atomic E-state index is 12.5. The Hall–Kier alpha value is -2.62. The fraction of sp³-hybridized carbons (Fsp3) is 0.500. The van der Waals surface area contributed by atoms with E-state index in [1.807, 2.05) is 0 Å². The van der Waals surface area contributed by atoms with Crippen LogP contribution in [0.4, 0.5) is 0 Å². The second-order valence-electron chi connectivity index (χ2n) is 6.85. The number of rotatable bonds is 8. The molecule has 1 N–H and O–H groups in total. The third kappa shape index (κ3) is 5.26. The number of hydroxylamine groups is 2. The van der Waals surface area contributed by atoms with Crippen molar-refractivity contribution < 1.29 is 38.5 Å². The molecule has 2 rings (SSSR count). The number of hydrogen-bond donors (Lipinski definition) is 1. The van der Waals surface area contributed by atoms with E-state index in [2.05, 4.69) is 0 Å². The molecule has 1 aromatic rings. The van der Waals surface area contributed by atoms with Crippen LogP contribution in [0.3, 0.4) is 0 Å². The summed E-state index contributed by atoms with van der Waals surface area (Å²) in [7, 11) is 5.75. The molecular formula is C20H27NO8. The fourth-order valence-electron chi connectivity index (χ4n) is 3.07. The minimum atomic E-state index is -1.12. The highest BCUT2D eigenvalue weighted by Crippen LogP contribution is 2.33. The minimum absolute atomic E-state index is 0.0141. The molecule has 9 nitrogen and oxygen atoms in total. The molecule has 1 saturated heterocycles. The van der Waals surface area contributed by atoms with Crippen molar-refractivity contribution in [2.75, 3.05) is 28.4 Å². The van der Waals surface area contributed by atoms with Crippen molar-refractivity contribution in [3.05, 3.63) is 29.3 Å². The predicted molar refractivity (Wildman–Crippen MR) is 104 cm³/mol. The molecule has 0 aromatic heterocycles. The standard InChI is InChI=1S/C20H27NO8/c1-20(2)28-14(17(29-20)18(22)21(3)27-6)9-7-8-12-10-13(25-4)11-15(26-5)16(12)19(23)24/h7-8,10-11,14,17H,9H2,1-6H3,(H,23,24)/b8-7+/t14-,17-/m0/s1. The number of carboxylic acid groups (broad SMARTS) is 1. The Bertz CT molecular complexity index is 789. The molecule has 1 heterocycles. The number of amides is 1. The van der Waals surface area contributed by atoms with E-state index in [9.17, 15) is 14.7 Å². The smallest absolute Gasteiger partial charge is 0.340 e. The van der Waals surface area contributed by atoms with Gasteiger partial charge in [-0.3, -0.25) is 9.63 Å². The van der Waals surface area contributed by atoms with Crippen LogP contribution in [0.25, 0.3) is 6.08 Å². The van der Waals surface area contributed by atoms with Gasteiger partial charge in [-0.25, -0.2) is 9.86 Å². The second-order valence-corrected chi connectivity index (χ2v) is 6.85. The Morgan fingerprint density at radius 3 is 2.45 bits per heavy atom. The number of nitrogens with zero attached hydrogens (tertiary/aromatic N) is 1. The van der Waals surface area contributed by atoms with Gasteiger partial charge in [-0.1, -0.05) is 12.2 Å². The van der Waals surface area contributed by atoms with Crippen molar-refractivity contribution in [1.29, 1.82) is 0 Å². The average molecular weight is 409 g/mol. The fourth-order valence-corrected chi connectivity index (χ4v) is 3.07. The van der Waals surface area contributed by atoms with Crippen LogP contribution in [0.1, 0.15) is 36.2 Å². The molecule has 29 heavy (non-hydrogen) atoms. The molecule has 2 atom stereocenters. The first kappa shape index (κ1) is 22.7. The highest BCUT2D eigenvalue weighted by Gasteiger charge is 2.45. The summed E-state index contributed by atoms with van der Waals surface area (Å²) in [6, 6.07) is 3.10. The summed E-state index contributed by atoms with van der Waals surface area (Å²) < 4.78 is 22.0. The number of carbonyl (C=O) groups excluding carboxylic acids is 1. The van der Waals surface area contributed by atoms with Gasteiger partial charge in [-0.2, -0.15) is 0 Å². The average Bonchev–Trinajstić information content (AvgIpc) is 2.99. The third-order valence-corrected chi connectivity index (χ3v) is 4.45. The molecular weight excluding hydrogens is 382 g/mol. The van der Waals surface area contributed by atoms with Gasteiger partial charge in [0.25, 0.3) is 5.91 Å². The molecule has 1 amide bonds. The normalized spacial score (nSPS) is 20.6. The molecule has 9 heteroatoms. The zero-order valence-electron chi connectivity index (χ0n) is 17.4. The molecule has 0 bridgehead atoms. The van der Waals surface area contributed by atoms with E-state index in [0.29, 0.717) is 17.7 Å². The largest absolute Gasteiger partial charge is 0.497 e. The Morgan fingerprint density at radius 1 is 1.21 bits per heavy atom. The van der Waals surface area contributed by atoms with E-state index >= 15 is 0 Å². The second kappa shape index (κ2) is 9.25. The maximum absolute atomic E-state index is 12.5. The van der Waals surface area contributed by atoms with Crippen molar-refractivity contribution in [3.8, 4) is 11.5 Å². The van der Waals surface area contributed by atoms with Gasteiger partial charge in [0, 0.05) is 13.1 Å². The summed E-state index contributed by atoms with van der Waals surface area (Å²) >= 11 is 0. The zero-order valence-corrected chi connectivity index (χ0v) is 17.4. The first-order valence-corrected chi connectivity index (χ1v) is 8.96. The van der Waals surface area contributed by atoms with Gasteiger partial charge < -0.3 is 24.1 Å². The number of carbonyl (C=O) groups is 2. The van der Waals surface area contributed by atoms with Gasteiger partial charge in [-0.15, -0.1) is 0 Å². The number of methoxy groups -OCH3 is 2. The SMILES string of the molecule is COc1cc(/C=C/C[C@@H]2OC(C)(C)O[C@@H]2C(=O)N(C)OC)c(C(=O)O)c(OC)c1. The number of benzene rings is 1. The van der Waals surface area contributed by atoms with Crippen LogP contribution in [0.15, 0.2) is 18.2 Å². The van der Waals surface area contributed by atoms with Crippen molar-refractivity contribution in [2.24, 2.45) is 0 Å². The molecule has 0 spiro atoms. The molecule has 1 aliphatic rings. The monoisotopic (exact) mass is 409 g/mol. The number of hydrogen-bond acceptors (Lipinski definition) is 7. The third-order valence-electron chi connectivity index (χ3n) is 4.45. The van der Waals surface area contributed by atoms with Gasteiger partial charge >= 0.3 is 5.97 Å². The Kier molecular flexibility index (Phi) is 7.23. The predicted octanol–water partition coefficient (Wildman–Crippen LogP) is 2.35. The van der Waals surface area contributed by atoms with Crippen LogP contribution >= 0.6 is 0 Å². The van der Waals surface area contributed by atoms with Crippen molar-refractivity contribution >= 4 is 18.0 Å².